The Balaban J connectivity index is 1.57. The number of carbonyl (C=O) groups excluding carboxylic acids is 1. The van der Waals surface area contributed by atoms with E-state index < -0.39 is 0 Å². The van der Waals surface area contributed by atoms with E-state index in [1.807, 2.05) is 47.9 Å². The molecule has 7 heteroatoms. The van der Waals surface area contributed by atoms with Crippen LogP contribution in [0.2, 0.25) is 5.02 Å². The number of imidazole rings is 1. The highest BCUT2D eigenvalue weighted by Gasteiger charge is 2.17. The van der Waals surface area contributed by atoms with Crippen LogP contribution in [0.3, 0.4) is 0 Å². The normalized spacial score (nSPS) is 14.5. The Morgan fingerprint density at radius 3 is 2.81 bits per heavy atom. The van der Waals surface area contributed by atoms with E-state index in [2.05, 4.69) is 15.2 Å². The van der Waals surface area contributed by atoms with Crippen molar-refractivity contribution in [3.8, 4) is 0 Å². The van der Waals surface area contributed by atoms with E-state index in [1.54, 1.807) is 6.07 Å². The Labute approximate surface area is 162 Å². The van der Waals surface area contributed by atoms with Crippen molar-refractivity contribution in [1.82, 2.24) is 9.55 Å². The van der Waals surface area contributed by atoms with Crippen LogP contribution in [0.4, 0.5) is 11.4 Å². The fourth-order valence-corrected chi connectivity index (χ4v) is 3.59. The molecule has 27 heavy (non-hydrogen) atoms. The summed E-state index contributed by atoms with van der Waals surface area (Å²) in [7, 11) is 0. The van der Waals surface area contributed by atoms with Crippen LogP contribution in [0.15, 0.2) is 42.5 Å². The number of rotatable bonds is 4. The molecule has 0 bridgehead atoms. The van der Waals surface area contributed by atoms with Gasteiger partial charge in [-0.1, -0.05) is 23.7 Å². The molecule has 1 aliphatic rings. The van der Waals surface area contributed by atoms with Crippen molar-refractivity contribution in [3.63, 3.8) is 0 Å². The highest BCUT2D eigenvalue weighted by Crippen LogP contribution is 2.30. The summed E-state index contributed by atoms with van der Waals surface area (Å²) in [5.74, 6) is 0.698. The number of nitrogens with zero attached hydrogens (tertiary/aromatic N) is 3. The summed E-state index contributed by atoms with van der Waals surface area (Å²) in [4.78, 5) is 19.5. The summed E-state index contributed by atoms with van der Waals surface area (Å²) < 4.78 is 7.34. The number of ether oxygens (including phenoxy) is 1. The quantitative estimate of drug-likeness (QED) is 0.748. The molecule has 140 valence electrons. The maximum atomic E-state index is 12.8. The van der Waals surface area contributed by atoms with Crippen molar-refractivity contribution in [3.05, 3.63) is 53.3 Å². The van der Waals surface area contributed by atoms with Gasteiger partial charge >= 0.3 is 0 Å². The Bertz CT molecular complexity index is 979. The van der Waals surface area contributed by atoms with Gasteiger partial charge in [0.2, 0.25) is 5.91 Å². The number of hydrogen-bond donors (Lipinski definition) is 1. The summed E-state index contributed by atoms with van der Waals surface area (Å²) in [6.07, 6.45) is 0. The third-order valence-electron chi connectivity index (χ3n) is 4.73. The van der Waals surface area contributed by atoms with E-state index in [0.29, 0.717) is 18.2 Å². The minimum atomic E-state index is -0.113. The Morgan fingerprint density at radius 2 is 2.00 bits per heavy atom. The van der Waals surface area contributed by atoms with Crippen LogP contribution >= 0.6 is 11.6 Å². The van der Waals surface area contributed by atoms with Crippen LogP contribution in [0.5, 0.6) is 0 Å². The molecule has 1 saturated heterocycles. The molecule has 0 saturated carbocycles. The Kier molecular flexibility index (Phi) is 5.01. The zero-order valence-corrected chi connectivity index (χ0v) is 15.9. The lowest BCUT2D eigenvalue weighted by atomic mass is 10.2. The monoisotopic (exact) mass is 384 g/mol. The second kappa shape index (κ2) is 7.58. The van der Waals surface area contributed by atoms with Crippen LogP contribution in [0.1, 0.15) is 5.82 Å². The van der Waals surface area contributed by atoms with Gasteiger partial charge in [0.15, 0.2) is 0 Å². The van der Waals surface area contributed by atoms with Gasteiger partial charge in [-0.05, 0) is 37.3 Å². The minimum absolute atomic E-state index is 0.113. The first-order valence-corrected chi connectivity index (χ1v) is 9.33. The summed E-state index contributed by atoms with van der Waals surface area (Å²) in [6.45, 7) is 5.03. The molecule has 2 heterocycles. The number of anilines is 2. The summed E-state index contributed by atoms with van der Waals surface area (Å²) in [5.41, 5.74) is 3.52. The van der Waals surface area contributed by atoms with Crippen LogP contribution in [0.25, 0.3) is 11.0 Å². The average Bonchev–Trinajstić information content (AvgIpc) is 2.98. The van der Waals surface area contributed by atoms with Gasteiger partial charge in [0.25, 0.3) is 0 Å². The molecular weight excluding hydrogens is 364 g/mol. The summed E-state index contributed by atoms with van der Waals surface area (Å²) >= 11 is 6.18. The van der Waals surface area contributed by atoms with Crippen molar-refractivity contribution in [2.24, 2.45) is 0 Å². The molecular formula is C20H21ClN4O2. The lowest BCUT2D eigenvalue weighted by Gasteiger charge is -2.30. The molecule has 1 aromatic heterocycles. The molecule has 0 spiro atoms. The molecule has 3 aromatic rings. The van der Waals surface area contributed by atoms with Crippen LogP contribution in [-0.2, 0) is 16.1 Å². The number of carbonyl (C=O) groups is 1. The molecule has 0 radical (unpaired) electrons. The number of amides is 1. The molecule has 1 N–H and O–H groups in total. The molecule has 6 nitrogen and oxygen atoms in total. The second-order valence-electron chi connectivity index (χ2n) is 6.54. The first-order valence-electron chi connectivity index (χ1n) is 8.96. The van der Waals surface area contributed by atoms with Crippen LogP contribution in [0, 0.1) is 6.92 Å². The van der Waals surface area contributed by atoms with E-state index in [1.165, 1.54) is 0 Å². The fourth-order valence-electron chi connectivity index (χ4n) is 3.42. The van der Waals surface area contributed by atoms with Crippen molar-refractivity contribution >= 4 is 39.9 Å². The van der Waals surface area contributed by atoms with Gasteiger partial charge in [0, 0.05) is 18.1 Å². The van der Waals surface area contributed by atoms with Gasteiger partial charge in [-0.25, -0.2) is 4.98 Å². The molecule has 0 atom stereocenters. The largest absolute Gasteiger partial charge is 0.378 e. The van der Waals surface area contributed by atoms with Crippen LogP contribution in [-0.4, -0.2) is 41.8 Å². The fraction of sp³-hybridized carbons (Fsp3) is 0.300. The standard InChI is InChI=1S/C20H21ClN4O2/c1-14-22-16-4-2-3-5-19(16)25(14)13-20(26)23-17-12-15(21)6-7-18(17)24-8-10-27-11-9-24/h2-7,12H,8-11,13H2,1H3,(H,23,26). The van der Waals surface area contributed by atoms with Crippen LogP contribution < -0.4 is 10.2 Å². The van der Waals surface area contributed by atoms with Gasteiger partial charge in [-0.2, -0.15) is 0 Å². The predicted octanol–water partition coefficient (Wildman–Crippen LogP) is 3.47. The highest BCUT2D eigenvalue weighted by atomic mass is 35.5. The van der Waals surface area contributed by atoms with E-state index in [-0.39, 0.29) is 12.5 Å². The van der Waals surface area contributed by atoms with Gasteiger partial charge in [0.1, 0.15) is 12.4 Å². The number of fused-ring (bicyclic) bond motifs is 1. The predicted molar refractivity (Wildman–Crippen MR) is 108 cm³/mol. The van der Waals surface area contributed by atoms with Crippen molar-refractivity contribution in [2.45, 2.75) is 13.5 Å². The van der Waals surface area contributed by atoms with Gasteiger partial charge in [0.05, 0.1) is 35.6 Å². The third-order valence-corrected chi connectivity index (χ3v) is 4.97. The first kappa shape index (κ1) is 17.8. The van der Waals surface area contributed by atoms with Crippen molar-refractivity contribution in [1.29, 1.82) is 0 Å². The van der Waals surface area contributed by atoms with E-state index in [0.717, 1.165) is 41.3 Å². The number of benzene rings is 2. The Morgan fingerprint density at radius 1 is 1.22 bits per heavy atom. The lowest BCUT2D eigenvalue weighted by Crippen LogP contribution is -2.36. The number of nitrogens with one attached hydrogen (secondary N) is 1. The number of aryl methyl sites for hydroxylation is 1. The third kappa shape index (κ3) is 3.77. The smallest absolute Gasteiger partial charge is 0.244 e. The number of halogens is 1. The molecule has 0 unspecified atom stereocenters. The average molecular weight is 385 g/mol. The summed E-state index contributed by atoms with van der Waals surface area (Å²) in [6, 6.07) is 13.4. The van der Waals surface area contributed by atoms with Gasteiger partial charge in [-0.15, -0.1) is 0 Å². The van der Waals surface area contributed by atoms with E-state index in [4.69, 9.17) is 16.3 Å². The maximum absolute atomic E-state index is 12.8. The minimum Gasteiger partial charge on any atom is -0.378 e. The SMILES string of the molecule is Cc1nc2ccccc2n1CC(=O)Nc1cc(Cl)ccc1N1CCOCC1. The van der Waals surface area contributed by atoms with Crippen molar-refractivity contribution < 1.29 is 9.53 Å². The number of aromatic nitrogens is 2. The molecule has 1 aliphatic heterocycles. The molecule has 0 aliphatic carbocycles. The summed E-state index contributed by atoms with van der Waals surface area (Å²) in [5, 5.41) is 3.61. The van der Waals surface area contributed by atoms with E-state index >= 15 is 0 Å². The van der Waals surface area contributed by atoms with Crippen molar-refractivity contribution in [2.75, 3.05) is 36.5 Å². The van der Waals surface area contributed by atoms with Gasteiger partial charge in [-0.3, -0.25) is 4.79 Å². The maximum Gasteiger partial charge on any atom is 0.244 e. The molecule has 4 rings (SSSR count). The van der Waals surface area contributed by atoms with Gasteiger partial charge < -0.3 is 19.5 Å². The molecule has 1 amide bonds. The molecule has 2 aromatic carbocycles. The zero-order chi connectivity index (χ0) is 18.8. The lowest BCUT2D eigenvalue weighted by molar-refractivity contribution is -0.116. The molecule has 1 fully saturated rings. The second-order valence-corrected chi connectivity index (χ2v) is 6.98. The zero-order valence-electron chi connectivity index (χ0n) is 15.1. The number of morpholine rings is 1. The Hall–Kier alpha value is -2.57. The number of para-hydroxylation sites is 2. The number of hydrogen-bond acceptors (Lipinski definition) is 4. The topological polar surface area (TPSA) is 59.4 Å². The first-order chi connectivity index (χ1) is 13.1. The highest BCUT2D eigenvalue weighted by molar-refractivity contribution is 6.31. The van der Waals surface area contributed by atoms with E-state index in [9.17, 15) is 4.79 Å².